The Balaban J connectivity index is 0.00000169. The van der Waals surface area contributed by atoms with Gasteiger partial charge in [0.1, 0.15) is 6.04 Å². The second-order valence-corrected chi connectivity index (χ2v) is 7.95. The molecule has 3 saturated heterocycles. The number of nitrogens with zero attached hydrogens (tertiary/aromatic N) is 1. The molecule has 3 unspecified atom stereocenters. The van der Waals surface area contributed by atoms with Crippen LogP contribution in [0.5, 0.6) is 0 Å². The summed E-state index contributed by atoms with van der Waals surface area (Å²) in [7, 11) is 0. The van der Waals surface area contributed by atoms with Gasteiger partial charge in [0.15, 0.2) is 0 Å². The van der Waals surface area contributed by atoms with Crippen molar-refractivity contribution in [3.63, 3.8) is 0 Å². The van der Waals surface area contributed by atoms with E-state index in [-0.39, 0.29) is 24.2 Å². The van der Waals surface area contributed by atoms with E-state index in [1.807, 2.05) is 17.5 Å². The fourth-order valence-corrected chi connectivity index (χ4v) is 5.21. The van der Waals surface area contributed by atoms with Crippen molar-refractivity contribution in [2.45, 2.75) is 50.2 Å². The fraction of sp³-hybridized carbons (Fsp3) is 0.647. The van der Waals surface area contributed by atoms with Crippen LogP contribution in [0.15, 0.2) is 17.5 Å². The number of halogens is 1. The Labute approximate surface area is 152 Å². The summed E-state index contributed by atoms with van der Waals surface area (Å²) in [6.45, 7) is 1.18. The van der Waals surface area contributed by atoms with Crippen molar-refractivity contribution in [2.75, 3.05) is 13.1 Å². The van der Waals surface area contributed by atoms with E-state index >= 15 is 0 Å². The molecule has 1 aromatic rings. The molecular formula is C17H24ClN3O2S. The number of amides is 2. The summed E-state index contributed by atoms with van der Waals surface area (Å²) in [5, 5.41) is 8.48. The number of hydrogen-bond acceptors (Lipinski definition) is 4. The SMILES string of the molecule is Cl.O=C1NCCN(C(=O)CC2CC3CCC(C2)N3)C1c1cccs1. The van der Waals surface area contributed by atoms with Gasteiger partial charge in [-0.05, 0) is 43.0 Å². The average Bonchev–Trinajstić information content (AvgIpc) is 3.17. The lowest BCUT2D eigenvalue weighted by molar-refractivity contribution is -0.144. The first-order valence-electron chi connectivity index (χ1n) is 8.57. The van der Waals surface area contributed by atoms with Gasteiger partial charge in [-0.3, -0.25) is 9.59 Å². The zero-order valence-electron chi connectivity index (χ0n) is 13.6. The third kappa shape index (κ3) is 3.46. The van der Waals surface area contributed by atoms with Gasteiger partial charge < -0.3 is 15.5 Å². The van der Waals surface area contributed by atoms with Crippen molar-refractivity contribution in [3.8, 4) is 0 Å². The molecule has 3 atom stereocenters. The van der Waals surface area contributed by atoms with Crippen LogP contribution >= 0.6 is 23.7 Å². The van der Waals surface area contributed by atoms with E-state index in [0.29, 0.717) is 37.5 Å². The summed E-state index contributed by atoms with van der Waals surface area (Å²) in [4.78, 5) is 27.9. The standard InChI is InChI=1S/C17H23N3O2S.ClH/c21-15(10-11-8-12-3-4-13(9-11)19-12)20-6-5-18-17(22)16(20)14-2-1-7-23-14;/h1-2,7,11-13,16,19H,3-6,8-10H2,(H,18,22);1H. The van der Waals surface area contributed by atoms with Gasteiger partial charge in [0.25, 0.3) is 0 Å². The minimum Gasteiger partial charge on any atom is -0.352 e. The molecule has 1 aromatic heterocycles. The number of piperidine rings is 1. The number of carbonyl (C=O) groups excluding carboxylic acids is 2. The van der Waals surface area contributed by atoms with Gasteiger partial charge in [-0.2, -0.15) is 0 Å². The maximum Gasteiger partial charge on any atom is 0.248 e. The van der Waals surface area contributed by atoms with Crippen molar-refractivity contribution >= 4 is 35.6 Å². The molecule has 0 saturated carbocycles. The molecule has 4 heterocycles. The van der Waals surface area contributed by atoms with Gasteiger partial charge in [0.05, 0.1) is 0 Å². The molecule has 2 amide bonds. The van der Waals surface area contributed by atoms with Crippen molar-refractivity contribution in [2.24, 2.45) is 5.92 Å². The highest BCUT2D eigenvalue weighted by Gasteiger charge is 2.38. The highest BCUT2D eigenvalue weighted by Crippen LogP contribution is 2.34. The van der Waals surface area contributed by atoms with Crippen LogP contribution in [0.3, 0.4) is 0 Å². The van der Waals surface area contributed by atoms with Crippen LogP contribution in [0.2, 0.25) is 0 Å². The summed E-state index contributed by atoms with van der Waals surface area (Å²) < 4.78 is 0. The predicted molar refractivity (Wildman–Crippen MR) is 96.3 cm³/mol. The summed E-state index contributed by atoms with van der Waals surface area (Å²) in [6, 6.07) is 4.66. The number of rotatable bonds is 3. The molecule has 132 valence electrons. The minimum atomic E-state index is -0.435. The van der Waals surface area contributed by atoms with Crippen LogP contribution in [-0.4, -0.2) is 41.9 Å². The number of thiophene rings is 1. The van der Waals surface area contributed by atoms with Crippen LogP contribution < -0.4 is 10.6 Å². The number of piperazine rings is 1. The molecule has 3 aliphatic heterocycles. The summed E-state index contributed by atoms with van der Waals surface area (Å²) in [5.41, 5.74) is 0. The maximum absolute atomic E-state index is 12.9. The molecule has 24 heavy (non-hydrogen) atoms. The highest BCUT2D eigenvalue weighted by atomic mass is 35.5. The number of nitrogens with one attached hydrogen (secondary N) is 2. The molecule has 3 aliphatic rings. The normalized spacial score (nSPS) is 32.2. The monoisotopic (exact) mass is 369 g/mol. The third-order valence-corrected chi connectivity index (χ3v) is 6.30. The van der Waals surface area contributed by atoms with E-state index in [4.69, 9.17) is 0 Å². The molecule has 2 N–H and O–H groups in total. The van der Waals surface area contributed by atoms with E-state index in [1.54, 1.807) is 16.2 Å². The third-order valence-electron chi connectivity index (χ3n) is 5.38. The van der Waals surface area contributed by atoms with Crippen LogP contribution in [0, 0.1) is 5.92 Å². The molecule has 0 aliphatic carbocycles. The van der Waals surface area contributed by atoms with E-state index in [9.17, 15) is 9.59 Å². The Hall–Kier alpha value is -1.11. The molecule has 0 aromatic carbocycles. The summed E-state index contributed by atoms with van der Waals surface area (Å²) in [5.74, 6) is 0.567. The van der Waals surface area contributed by atoms with Crippen LogP contribution in [0.1, 0.15) is 43.0 Å². The van der Waals surface area contributed by atoms with Gasteiger partial charge in [-0.1, -0.05) is 6.07 Å². The van der Waals surface area contributed by atoms with Gasteiger partial charge in [-0.15, -0.1) is 23.7 Å². The lowest BCUT2D eigenvalue weighted by atomic mass is 9.89. The van der Waals surface area contributed by atoms with E-state index in [1.165, 1.54) is 12.8 Å². The van der Waals surface area contributed by atoms with Crippen LogP contribution in [-0.2, 0) is 9.59 Å². The number of fused-ring (bicyclic) bond motifs is 2. The Morgan fingerprint density at radius 1 is 1.29 bits per heavy atom. The van der Waals surface area contributed by atoms with Crippen molar-refractivity contribution in [1.82, 2.24) is 15.5 Å². The lowest BCUT2D eigenvalue weighted by Crippen LogP contribution is -2.52. The first-order chi connectivity index (χ1) is 11.2. The molecule has 5 nitrogen and oxygen atoms in total. The molecule has 3 fully saturated rings. The van der Waals surface area contributed by atoms with Crippen molar-refractivity contribution in [1.29, 1.82) is 0 Å². The van der Waals surface area contributed by atoms with Gasteiger partial charge >= 0.3 is 0 Å². The Kier molecular flexibility index (Phi) is 5.47. The van der Waals surface area contributed by atoms with Gasteiger partial charge in [0.2, 0.25) is 11.8 Å². The van der Waals surface area contributed by atoms with E-state index in [0.717, 1.165) is 17.7 Å². The quantitative estimate of drug-likeness (QED) is 0.857. The molecular weight excluding hydrogens is 346 g/mol. The van der Waals surface area contributed by atoms with Gasteiger partial charge in [-0.25, -0.2) is 0 Å². The molecule has 0 radical (unpaired) electrons. The second-order valence-electron chi connectivity index (χ2n) is 6.98. The summed E-state index contributed by atoms with van der Waals surface area (Å²) >= 11 is 1.55. The predicted octanol–water partition coefficient (Wildman–Crippen LogP) is 2.09. The van der Waals surface area contributed by atoms with Crippen LogP contribution in [0.25, 0.3) is 0 Å². The largest absolute Gasteiger partial charge is 0.352 e. The molecule has 0 spiro atoms. The number of hydrogen-bond donors (Lipinski definition) is 2. The van der Waals surface area contributed by atoms with E-state index in [2.05, 4.69) is 10.6 Å². The van der Waals surface area contributed by atoms with Gasteiger partial charge in [0, 0.05) is 36.5 Å². The topological polar surface area (TPSA) is 61.4 Å². The Morgan fingerprint density at radius 2 is 2.04 bits per heavy atom. The van der Waals surface area contributed by atoms with Crippen molar-refractivity contribution < 1.29 is 9.59 Å². The Morgan fingerprint density at radius 3 is 2.71 bits per heavy atom. The molecule has 7 heteroatoms. The van der Waals surface area contributed by atoms with Crippen LogP contribution in [0.4, 0.5) is 0 Å². The zero-order valence-corrected chi connectivity index (χ0v) is 15.2. The minimum absolute atomic E-state index is 0. The highest BCUT2D eigenvalue weighted by molar-refractivity contribution is 7.10. The van der Waals surface area contributed by atoms with E-state index < -0.39 is 6.04 Å². The summed E-state index contributed by atoms with van der Waals surface area (Å²) in [6.07, 6.45) is 5.29. The fourth-order valence-electron chi connectivity index (χ4n) is 4.37. The second kappa shape index (κ2) is 7.42. The first kappa shape index (κ1) is 17.7. The number of carbonyl (C=O) groups is 2. The molecule has 2 bridgehead atoms. The zero-order chi connectivity index (χ0) is 15.8. The maximum atomic E-state index is 12.9. The van der Waals surface area contributed by atoms with Crippen molar-refractivity contribution in [3.05, 3.63) is 22.4 Å². The smallest absolute Gasteiger partial charge is 0.248 e. The lowest BCUT2D eigenvalue weighted by Gasteiger charge is -2.36. The average molecular weight is 370 g/mol. The Bertz CT molecular complexity index is 583. The first-order valence-corrected chi connectivity index (χ1v) is 9.45. The molecule has 4 rings (SSSR count).